The highest BCUT2D eigenvalue weighted by Crippen LogP contribution is 2.35. The lowest BCUT2D eigenvalue weighted by atomic mass is 10.0. The number of ether oxygens (including phenoxy) is 2. The number of hydrogen-bond acceptors (Lipinski definition) is 8. The van der Waals surface area contributed by atoms with Gasteiger partial charge in [0.2, 0.25) is 0 Å². The van der Waals surface area contributed by atoms with Crippen LogP contribution in [-0.2, 0) is 15.9 Å². The number of nitrogens with zero attached hydrogens (tertiary/aromatic N) is 3. The number of rotatable bonds is 8. The monoisotopic (exact) mass is 500 g/mol. The Bertz CT molecular complexity index is 1120. The number of nitro benzene ring substituents is 1. The molecule has 11 nitrogen and oxygen atoms in total. The van der Waals surface area contributed by atoms with Crippen molar-refractivity contribution in [2.45, 2.75) is 32.8 Å². The molecular weight excluding hydrogens is 468 g/mol. The minimum atomic E-state index is -1.23. The Morgan fingerprint density at radius 2 is 1.83 bits per heavy atom. The highest BCUT2D eigenvalue weighted by molar-refractivity contribution is 5.93. The molecule has 0 bridgehead atoms. The normalized spacial score (nSPS) is 13.9. The predicted molar refractivity (Wildman–Crippen MR) is 135 cm³/mol. The second-order valence-electron chi connectivity index (χ2n) is 9.42. The maximum atomic E-state index is 12.3. The van der Waals surface area contributed by atoms with E-state index in [9.17, 15) is 24.8 Å². The lowest BCUT2D eigenvalue weighted by Crippen LogP contribution is -2.50. The molecule has 0 unspecified atom stereocenters. The molecule has 0 radical (unpaired) electrons. The molecule has 1 saturated heterocycles. The van der Waals surface area contributed by atoms with Crippen molar-refractivity contribution in [2.75, 3.05) is 50.1 Å². The Morgan fingerprint density at radius 3 is 2.42 bits per heavy atom. The van der Waals surface area contributed by atoms with E-state index in [1.165, 1.54) is 19.2 Å². The minimum Gasteiger partial charge on any atom is -0.478 e. The number of hydrogen-bond donors (Lipinski definition) is 2. The molecule has 1 aliphatic rings. The van der Waals surface area contributed by atoms with Crippen molar-refractivity contribution in [2.24, 2.45) is 0 Å². The zero-order valence-corrected chi connectivity index (χ0v) is 20.9. The van der Waals surface area contributed by atoms with Crippen LogP contribution in [-0.4, -0.2) is 72.5 Å². The van der Waals surface area contributed by atoms with E-state index in [1.807, 2.05) is 39.0 Å². The van der Waals surface area contributed by atoms with Gasteiger partial charge in [-0.1, -0.05) is 6.07 Å². The number of carboxylic acid groups (broad SMARTS) is 1. The topological polar surface area (TPSA) is 134 Å². The first-order valence-corrected chi connectivity index (χ1v) is 11.6. The summed E-state index contributed by atoms with van der Waals surface area (Å²) in [6, 6.07) is 10.2. The van der Waals surface area contributed by atoms with Crippen LogP contribution in [0.5, 0.6) is 0 Å². The molecule has 1 amide bonds. The quantitative estimate of drug-likeness (QED) is 0.402. The standard InChI is InChI=1S/C25H32N4O7/c1-25(2,3)36-24(32)28-13-11-27(12-14-28)18-7-5-6-17(16-18)26-21-9-8-20(23(30)31)19(10-15-35-4)22(21)29(33)34/h5-9,16,26H,10-15H2,1-4H3,(H,30,31). The molecule has 2 N–H and O–H groups in total. The summed E-state index contributed by atoms with van der Waals surface area (Å²) in [7, 11) is 1.45. The highest BCUT2D eigenvalue weighted by Gasteiger charge is 2.27. The second kappa shape index (κ2) is 11.3. The van der Waals surface area contributed by atoms with E-state index in [0.717, 1.165) is 5.69 Å². The van der Waals surface area contributed by atoms with Gasteiger partial charge in [-0.2, -0.15) is 0 Å². The summed E-state index contributed by atoms with van der Waals surface area (Å²) in [6.07, 6.45) is -0.245. The molecule has 3 rings (SSSR count). The molecule has 0 saturated carbocycles. The van der Waals surface area contributed by atoms with E-state index in [2.05, 4.69) is 10.2 Å². The number of nitro groups is 1. The molecule has 2 aromatic carbocycles. The fourth-order valence-corrected chi connectivity index (χ4v) is 4.01. The van der Waals surface area contributed by atoms with Crippen molar-refractivity contribution in [3.8, 4) is 0 Å². The first-order valence-electron chi connectivity index (χ1n) is 11.6. The van der Waals surface area contributed by atoms with E-state index in [4.69, 9.17) is 9.47 Å². The third kappa shape index (κ3) is 6.63. The van der Waals surface area contributed by atoms with Gasteiger partial charge in [0.1, 0.15) is 11.3 Å². The summed E-state index contributed by atoms with van der Waals surface area (Å²) >= 11 is 0. The van der Waals surface area contributed by atoms with E-state index in [-0.39, 0.29) is 41.6 Å². The van der Waals surface area contributed by atoms with Crippen LogP contribution in [0.3, 0.4) is 0 Å². The maximum absolute atomic E-state index is 12.3. The average molecular weight is 501 g/mol. The van der Waals surface area contributed by atoms with Crippen LogP contribution < -0.4 is 10.2 Å². The largest absolute Gasteiger partial charge is 0.478 e. The van der Waals surface area contributed by atoms with E-state index in [0.29, 0.717) is 31.9 Å². The van der Waals surface area contributed by atoms with Crippen molar-refractivity contribution in [1.29, 1.82) is 0 Å². The van der Waals surface area contributed by atoms with Crippen molar-refractivity contribution >= 4 is 34.8 Å². The molecule has 0 atom stereocenters. The molecule has 36 heavy (non-hydrogen) atoms. The molecule has 0 aromatic heterocycles. The first kappa shape index (κ1) is 26.7. The zero-order chi connectivity index (χ0) is 26.5. The second-order valence-corrected chi connectivity index (χ2v) is 9.42. The lowest BCUT2D eigenvalue weighted by molar-refractivity contribution is -0.384. The molecule has 194 valence electrons. The third-order valence-electron chi connectivity index (χ3n) is 5.67. The van der Waals surface area contributed by atoms with Gasteiger partial charge >= 0.3 is 12.1 Å². The number of aromatic carboxylic acids is 1. The summed E-state index contributed by atoms with van der Waals surface area (Å²) in [5, 5.41) is 24.5. The predicted octanol–water partition coefficient (Wildman–Crippen LogP) is 4.28. The molecular formula is C25H32N4O7. The number of amides is 1. The van der Waals surface area contributed by atoms with Gasteiger partial charge < -0.3 is 29.7 Å². The molecule has 1 fully saturated rings. The van der Waals surface area contributed by atoms with Crippen molar-refractivity contribution in [3.05, 3.63) is 57.6 Å². The van der Waals surface area contributed by atoms with Gasteiger partial charge in [0.05, 0.1) is 17.1 Å². The fourth-order valence-electron chi connectivity index (χ4n) is 4.01. The van der Waals surface area contributed by atoms with Gasteiger partial charge in [0.25, 0.3) is 5.69 Å². The smallest absolute Gasteiger partial charge is 0.410 e. The average Bonchev–Trinajstić information content (AvgIpc) is 2.81. The summed E-state index contributed by atoms with van der Waals surface area (Å²) in [4.78, 5) is 39.2. The minimum absolute atomic E-state index is 0.0892. The molecule has 0 aliphatic carbocycles. The number of carboxylic acids is 1. The van der Waals surface area contributed by atoms with Crippen molar-refractivity contribution in [1.82, 2.24) is 4.90 Å². The summed E-state index contributed by atoms with van der Waals surface area (Å²) in [5.41, 5.74) is 0.850. The van der Waals surface area contributed by atoms with Crippen LogP contribution in [0.4, 0.5) is 27.5 Å². The number of carbonyl (C=O) groups excluding carboxylic acids is 1. The van der Waals surface area contributed by atoms with Gasteiger partial charge in [-0.05, 0) is 51.1 Å². The SMILES string of the molecule is COCCc1c(C(=O)O)ccc(Nc2cccc(N3CCN(C(=O)OC(C)(C)C)CC3)c2)c1[N+](=O)[O-]. The Labute approximate surface area is 209 Å². The number of methoxy groups -OCH3 is 1. The molecule has 11 heteroatoms. The molecule has 2 aromatic rings. The van der Waals surface area contributed by atoms with E-state index < -0.39 is 16.5 Å². The number of anilines is 3. The molecule has 0 spiro atoms. The van der Waals surface area contributed by atoms with E-state index >= 15 is 0 Å². The number of benzene rings is 2. The van der Waals surface area contributed by atoms with Crippen LogP contribution in [0.25, 0.3) is 0 Å². The van der Waals surface area contributed by atoms with Gasteiger partial charge in [-0.15, -0.1) is 0 Å². The fraction of sp³-hybridized carbons (Fsp3) is 0.440. The van der Waals surface area contributed by atoms with Crippen LogP contribution in [0.15, 0.2) is 36.4 Å². The first-order chi connectivity index (χ1) is 17.0. The summed E-state index contributed by atoms with van der Waals surface area (Å²) in [6.45, 7) is 7.89. The Hall–Kier alpha value is -3.86. The van der Waals surface area contributed by atoms with Gasteiger partial charge in [-0.3, -0.25) is 10.1 Å². The Kier molecular flexibility index (Phi) is 8.36. The number of piperazine rings is 1. The summed E-state index contributed by atoms with van der Waals surface area (Å²) in [5.74, 6) is -1.23. The van der Waals surface area contributed by atoms with Crippen LogP contribution in [0, 0.1) is 10.1 Å². The lowest BCUT2D eigenvalue weighted by Gasteiger charge is -2.36. The molecule has 1 aliphatic heterocycles. The number of nitrogens with one attached hydrogen (secondary N) is 1. The van der Waals surface area contributed by atoms with Crippen LogP contribution >= 0.6 is 0 Å². The molecule has 1 heterocycles. The summed E-state index contributed by atoms with van der Waals surface area (Å²) < 4.78 is 10.5. The van der Waals surface area contributed by atoms with Crippen LogP contribution in [0.2, 0.25) is 0 Å². The maximum Gasteiger partial charge on any atom is 0.410 e. The van der Waals surface area contributed by atoms with Gasteiger partial charge in [0, 0.05) is 56.6 Å². The van der Waals surface area contributed by atoms with Crippen molar-refractivity contribution < 1.29 is 29.1 Å². The van der Waals surface area contributed by atoms with E-state index in [1.54, 1.807) is 11.0 Å². The Balaban J connectivity index is 1.79. The van der Waals surface area contributed by atoms with Gasteiger partial charge in [0.15, 0.2) is 0 Å². The van der Waals surface area contributed by atoms with Crippen LogP contribution in [0.1, 0.15) is 36.7 Å². The van der Waals surface area contributed by atoms with Crippen molar-refractivity contribution in [3.63, 3.8) is 0 Å². The van der Waals surface area contributed by atoms with Gasteiger partial charge in [-0.25, -0.2) is 9.59 Å². The zero-order valence-electron chi connectivity index (χ0n) is 20.9. The Morgan fingerprint density at radius 1 is 1.14 bits per heavy atom. The number of carbonyl (C=O) groups is 2. The highest BCUT2D eigenvalue weighted by atomic mass is 16.6. The third-order valence-corrected chi connectivity index (χ3v) is 5.67.